The van der Waals surface area contributed by atoms with Crippen molar-refractivity contribution >= 4 is 12.4 Å². The van der Waals surface area contributed by atoms with Gasteiger partial charge < -0.3 is 5.32 Å². The third kappa shape index (κ3) is 1.76. The molecule has 2 fully saturated rings. The Balaban J connectivity index is 0.000000980. The van der Waals surface area contributed by atoms with E-state index in [2.05, 4.69) is 5.32 Å². The van der Waals surface area contributed by atoms with Crippen molar-refractivity contribution in [1.29, 1.82) is 0 Å². The van der Waals surface area contributed by atoms with Gasteiger partial charge >= 0.3 is 0 Å². The summed E-state index contributed by atoms with van der Waals surface area (Å²) >= 11 is 0. The fourth-order valence-corrected chi connectivity index (χ4v) is 2.77. The molecule has 0 aromatic heterocycles. The van der Waals surface area contributed by atoms with Crippen LogP contribution in [0, 0.1) is 17.8 Å². The van der Waals surface area contributed by atoms with Crippen molar-refractivity contribution in [2.24, 2.45) is 17.8 Å². The molecule has 1 saturated heterocycles. The van der Waals surface area contributed by atoms with Gasteiger partial charge in [-0.1, -0.05) is 13.8 Å². The number of hydrogen-bond acceptors (Lipinski definition) is 1. The Morgan fingerprint density at radius 3 is 2.36 bits per heavy atom. The number of alkyl halides is 2. The molecule has 1 heterocycles. The van der Waals surface area contributed by atoms with Crippen molar-refractivity contribution in [2.75, 3.05) is 6.54 Å². The Kier molecular flexibility index (Phi) is 3.42. The van der Waals surface area contributed by atoms with E-state index >= 15 is 0 Å². The van der Waals surface area contributed by atoms with Crippen molar-refractivity contribution < 1.29 is 8.78 Å². The Hall–Kier alpha value is 0.110. The van der Waals surface area contributed by atoms with Gasteiger partial charge in [-0.2, -0.15) is 0 Å². The van der Waals surface area contributed by atoms with Crippen LogP contribution >= 0.6 is 12.4 Å². The predicted molar refractivity (Wildman–Crippen MR) is 55.0 cm³/mol. The minimum atomic E-state index is -2.39. The van der Waals surface area contributed by atoms with Crippen molar-refractivity contribution in [3.63, 3.8) is 0 Å². The third-order valence-electron chi connectivity index (χ3n) is 3.42. The van der Waals surface area contributed by atoms with Crippen LogP contribution in [0.15, 0.2) is 0 Å². The topological polar surface area (TPSA) is 12.0 Å². The third-order valence-corrected chi connectivity index (χ3v) is 3.42. The number of rotatable bonds is 2. The average Bonchev–Trinajstić information content (AvgIpc) is 2.50. The van der Waals surface area contributed by atoms with Crippen LogP contribution in [-0.4, -0.2) is 18.5 Å². The molecule has 1 N–H and O–H groups in total. The van der Waals surface area contributed by atoms with Crippen molar-refractivity contribution in [3.8, 4) is 0 Å². The van der Waals surface area contributed by atoms with Crippen LogP contribution in [0.1, 0.15) is 26.7 Å². The number of nitrogens with one attached hydrogen (secondary N) is 1. The Bertz CT molecular complexity index is 202. The molecule has 1 aliphatic carbocycles. The minimum absolute atomic E-state index is 0. The molecule has 0 radical (unpaired) electrons. The monoisotopic (exact) mass is 225 g/mol. The van der Waals surface area contributed by atoms with Crippen LogP contribution < -0.4 is 5.32 Å². The molecule has 2 aliphatic rings. The molecule has 3 atom stereocenters. The first-order valence-electron chi connectivity index (χ1n) is 5.16. The van der Waals surface area contributed by atoms with E-state index in [-0.39, 0.29) is 36.2 Å². The van der Waals surface area contributed by atoms with Gasteiger partial charge in [0.25, 0.3) is 5.92 Å². The number of hydrogen-bond donors (Lipinski definition) is 1. The highest BCUT2D eigenvalue weighted by molar-refractivity contribution is 5.85. The van der Waals surface area contributed by atoms with Gasteiger partial charge in [0, 0.05) is 17.9 Å². The lowest BCUT2D eigenvalue weighted by molar-refractivity contribution is 0.0723. The predicted octanol–water partition coefficient (Wildman–Crippen LogP) is 2.70. The van der Waals surface area contributed by atoms with Crippen molar-refractivity contribution in [2.45, 2.75) is 38.7 Å². The Morgan fingerprint density at radius 1 is 1.36 bits per heavy atom. The lowest BCUT2D eigenvalue weighted by Gasteiger charge is -2.08. The summed E-state index contributed by atoms with van der Waals surface area (Å²) in [4.78, 5) is 0. The van der Waals surface area contributed by atoms with E-state index in [0.717, 1.165) is 19.4 Å². The molecule has 1 saturated carbocycles. The van der Waals surface area contributed by atoms with Crippen LogP contribution in [0.3, 0.4) is 0 Å². The second kappa shape index (κ2) is 3.93. The molecule has 14 heavy (non-hydrogen) atoms. The van der Waals surface area contributed by atoms with Crippen molar-refractivity contribution in [1.82, 2.24) is 5.32 Å². The first kappa shape index (κ1) is 12.2. The van der Waals surface area contributed by atoms with E-state index < -0.39 is 5.92 Å². The smallest absolute Gasteiger partial charge is 0.256 e. The molecule has 0 amide bonds. The van der Waals surface area contributed by atoms with Gasteiger partial charge in [0.1, 0.15) is 0 Å². The number of halogens is 3. The highest BCUT2D eigenvalue weighted by atomic mass is 35.5. The summed E-state index contributed by atoms with van der Waals surface area (Å²) in [5.41, 5.74) is 0. The minimum Gasteiger partial charge on any atom is -0.313 e. The molecule has 1 aliphatic heterocycles. The van der Waals surface area contributed by atoms with E-state index in [9.17, 15) is 8.78 Å². The van der Waals surface area contributed by atoms with Crippen LogP contribution in [-0.2, 0) is 0 Å². The van der Waals surface area contributed by atoms with Gasteiger partial charge in [-0.3, -0.25) is 0 Å². The lowest BCUT2D eigenvalue weighted by Crippen LogP contribution is -2.26. The quantitative estimate of drug-likeness (QED) is 0.762. The lowest BCUT2D eigenvalue weighted by atomic mass is 10.0. The molecule has 3 unspecified atom stereocenters. The van der Waals surface area contributed by atoms with Crippen molar-refractivity contribution in [3.05, 3.63) is 0 Å². The molecule has 0 spiro atoms. The van der Waals surface area contributed by atoms with E-state index in [1.165, 1.54) is 0 Å². The van der Waals surface area contributed by atoms with E-state index in [4.69, 9.17) is 0 Å². The highest BCUT2D eigenvalue weighted by Crippen LogP contribution is 2.61. The van der Waals surface area contributed by atoms with Gasteiger partial charge in [-0.15, -0.1) is 12.4 Å². The molecular weight excluding hydrogens is 208 g/mol. The zero-order valence-corrected chi connectivity index (χ0v) is 9.41. The summed E-state index contributed by atoms with van der Waals surface area (Å²) in [5, 5.41) is 3.18. The molecule has 1 nitrogen and oxygen atoms in total. The van der Waals surface area contributed by atoms with Crippen LogP contribution in [0.4, 0.5) is 8.78 Å². The average molecular weight is 226 g/mol. The Morgan fingerprint density at radius 2 is 2.00 bits per heavy atom. The normalized spacial score (nSPS) is 39.6. The first-order chi connectivity index (χ1) is 6.05. The fraction of sp³-hybridized carbons (Fsp3) is 1.00. The maximum Gasteiger partial charge on any atom is 0.256 e. The summed E-state index contributed by atoms with van der Waals surface area (Å²) in [6.45, 7) is 4.71. The maximum atomic E-state index is 13.3. The summed E-state index contributed by atoms with van der Waals surface area (Å²) in [7, 11) is 0. The first-order valence-corrected chi connectivity index (χ1v) is 5.16. The van der Waals surface area contributed by atoms with E-state index in [1.807, 2.05) is 13.8 Å². The van der Waals surface area contributed by atoms with Gasteiger partial charge in [0.15, 0.2) is 0 Å². The van der Waals surface area contributed by atoms with Gasteiger partial charge in [-0.25, -0.2) is 8.78 Å². The van der Waals surface area contributed by atoms with E-state index in [0.29, 0.717) is 0 Å². The van der Waals surface area contributed by atoms with Gasteiger partial charge in [0.05, 0.1) is 0 Å². The zero-order chi connectivity index (χ0) is 9.64. The van der Waals surface area contributed by atoms with Crippen LogP contribution in [0.5, 0.6) is 0 Å². The molecule has 84 valence electrons. The maximum absolute atomic E-state index is 13.3. The molecule has 0 bridgehead atoms. The van der Waals surface area contributed by atoms with Gasteiger partial charge in [-0.05, 0) is 25.3 Å². The molecule has 4 heteroatoms. The summed E-state index contributed by atoms with van der Waals surface area (Å²) in [6.07, 6.45) is 1.99. The zero-order valence-electron chi connectivity index (χ0n) is 8.59. The second-order valence-corrected chi connectivity index (χ2v) is 4.67. The standard InChI is InChI=1S/C10H17F2N.ClH/c1-6(2)8-9(10(8,11)12)7-4-3-5-13-7;/h6-9,13H,3-5H2,1-2H3;1H. The molecule has 0 aromatic carbocycles. The largest absolute Gasteiger partial charge is 0.313 e. The van der Waals surface area contributed by atoms with Gasteiger partial charge in [0.2, 0.25) is 0 Å². The molecule has 0 aromatic rings. The van der Waals surface area contributed by atoms with Crippen LogP contribution in [0.2, 0.25) is 0 Å². The summed E-state index contributed by atoms with van der Waals surface area (Å²) in [6, 6.07) is 0.0856. The second-order valence-electron chi connectivity index (χ2n) is 4.67. The molecule has 2 rings (SSSR count). The van der Waals surface area contributed by atoms with E-state index in [1.54, 1.807) is 0 Å². The fourth-order valence-electron chi connectivity index (χ4n) is 2.77. The summed E-state index contributed by atoms with van der Waals surface area (Å²) in [5.74, 6) is -3.03. The SMILES string of the molecule is CC(C)C1C(C2CCCN2)C1(F)F.Cl. The summed E-state index contributed by atoms with van der Waals surface area (Å²) < 4.78 is 26.6. The highest BCUT2D eigenvalue weighted by Gasteiger charge is 2.71. The van der Waals surface area contributed by atoms with Crippen LogP contribution in [0.25, 0.3) is 0 Å². The molecular formula is C10H18ClF2N. The Labute approximate surface area is 90.0 Å².